The van der Waals surface area contributed by atoms with Crippen LogP contribution in [0.3, 0.4) is 0 Å². The molecule has 2 aromatic rings. The van der Waals surface area contributed by atoms with E-state index in [2.05, 4.69) is 17.4 Å². The Bertz CT molecular complexity index is 617. The second-order valence-electron chi connectivity index (χ2n) is 5.01. The van der Waals surface area contributed by atoms with Gasteiger partial charge < -0.3 is 5.32 Å². The maximum Gasteiger partial charge on any atom is 0.146 e. The number of benzene rings is 2. The number of nitrogens with one attached hydrogen (secondary N) is 1. The first kappa shape index (κ1) is 13.4. The minimum Gasteiger partial charge on any atom is -0.381 e. The predicted octanol–water partition coefficient (Wildman–Crippen LogP) is 4.40. The van der Waals surface area contributed by atoms with Crippen LogP contribution in [0.2, 0.25) is 0 Å². The summed E-state index contributed by atoms with van der Waals surface area (Å²) >= 11 is 1.79. The van der Waals surface area contributed by atoms with Crippen LogP contribution in [0.15, 0.2) is 41.3 Å². The molecule has 0 radical (unpaired) electrons. The second kappa shape index (κ2) is 5.44. The highest BCUT2D eigenvalue weighted by Gasteiger charge is 2.21. The maximum absolute atomic E-state index is 13.7. The van der Waals surface area contributed by atoms with Gasteiger partial charge in [0, 0.05) is 22.8 Å². The largest absolute Gasteiger partial charge is 0.381 e. The van der Waals surface area contributed by atoms with Gasteiger partial charge in [0.25, 0.3) is 0 Å². The number of fused-ring (bicyclic) bond motifs is 1. The molecule has 0 saturated carbocycles. The van der Waals surface area contributed by atoms with E-state index in [4.69, 9.17) is 0 Å². The van der Waals surface area contributed by atoms with Crippen LogP contribution in [-0.2, 0) is 6.42 Å². The van der Waals surface area contributed by atoms with E-state index >= 15 is 0 Å². The highest BCUT2D eigenvalue weighted by Crippen LogP contribution is 2.36. The van der Waals surface area contributed by atoms with Crippen molar-refractivity contribution in [3.8, 4) is 0 Å². The average molecular weight is 291 g/mol. The molecule has 0 bridgehead atoms. The van der Waals surface area contributed by atoms with Gasteiger partial charge in [-0.1, -0.05) is 18.2 Å². The van der Waals surface area contributed by atoms with E-state index < -0.39 is 5.82 Å². The van der Waals surface area contributed by atoms with Crippen molar-refractivity contribution in [1.29, 1.82) is 0 Å². The van der Waals surface area contributed by atoms with Gasteiger partial charge in [0.05, 0.1) is 5.69 Å². The molecule has 1 aliphatic heterocycles. The minimum atomic E-state index is -0.399. The molecule has 1 atom stereocenters. The molecule has 0 aromatic heterocycles. The first-order valence-corrected chi connectivity index (χ1v) is 7.45. The number of rotatable bonds is 3. The smallest absolute Gasteiger partial charge is 0.146 e. The molecule has 0 aliphatic carbocycles. The van der Waals surface area contributed by atoms with Crippen molar-refractivity contribution in [2.24, 2.45) is 0 Å². The molecule has 1 heterocycles. The number of hydrogen-bond acceptors (Lipinski definition) is 2. The van der Waals surface area contributed by atoms with Gasteiger partial charge >= 0.3 is 0 Å². The molecule has 1 unspecified atom stereocenters. The number of halogens is 2. The van der Waals surface area contributed by atoms with Crippen LogP contribution >= 0.6 is 11.8 Å². The summed E-state index contributed by atoms with van der Waals surface area (Å²) in [6.45, 7) is 2.18. The summed E-state index contributed by atoms with van der Waals surface area (Å²) in [7, 11) is 0. The van der Waals surface area contributed by atoms with Crippen molar-refractivity contribution in [3.63, 3.8) is 0 Å². The Morgan fingerprint density at radius 2 is 2.00 bits per heavy atom. The van der Waals surface area contributed by atoms with Crippen LogP contribution in [0.4, 0.5) is 14.5 Å². The van der Waals surface area contributed by atoms with E-state index in [1.165, 1.54) is 22.6 Å². The molecule has 0 amide bonds. The highest BCUT2D eigenvalue weighted by molar-refractivity contribution is 8.00. The molecule has 1 aliphatic rings. The van der Waals surface area contributed by atoms with Crippen LogP contribution < -0.4 is 5.32 Å². The summed E-state index contributed by atoms with van der Waals surface area (Å²) < 4.78 is 27.2. The lowest BCUT2D eigenvalue weighted by Gasteiger charge is -2.12. The third kappa shape index (κ3) is 2.66. The van der Waals surface area contributed by atoms with Gasteiger partial charge in [-0.05, 0) is 36.6 Å². The van der Waals surface area contributed by atoms with E-state index in [-0.39, 0.29) is 11.5 Å². The Balaban J connectivity index is 1.66. The molecule has 1 N–H and O–H groups in total. The summed E-state index contributed by atoms with van der Waals surface area (Å²) in [5.41, 5.74) is 1.90. The molecule has 2 aromatic carbocycles. The van der Waals surface area contributed by atoms with E-state index in [0.29, 0.717) is 17.4 Å². The zero-order valence-corrected chi connectivity index (χ0v) is 11.9. The van der Waals surface area contributed by atoms with E-state index in [1.807, 2.05) is 12.1 Å². The molecule has 0 spiro atoms. The van der Waals surface area contributed by atoms with Crippen LogP contribution in [0, 0.1) is 18.6 Å². The Labute approximate surface area is 121 Å². The Kier molecular flexibility index (Phi) is 3.66. The van der Waals surface area contributed by atoms with Crippen molar-refractivity contribution in [2.45, 2.75) is 23.5 Å². The Morgan fingerprint density at radius 1 is 1.20 bits per heavy atom. The van der Waals surface area contributed by atoms with Crippen molar-refractivity contribution in [2.75, 3.05) is 11.9 Å². The zero-order chi connectivity index (χ0) is 14.1. The molecule has 0 saturated heterocycles. The van der Waals surface area contributed by atoms with Crippen LogP contribution in [0.5, 0.6) is 0 Å². The molecule has 4 heteroatoms. The van der Waals surface area contributed by atoms with Crippen LogP contribution in [-0.4, -0.2) is 11.8 Å². The lowest BCUT2D eigenvalue weighted by molar-refractivity contribution is 0.594. The van der Waals surface area contributed by atoms with Gasteiger partial charge in [-0.25, -0.2) is 8.78 Å². The van der Waals surface area contributed by atoms with Gasteiger partial charge in [0.15, 0.2) is 0 Å². The quantitative estimate of drug-likeness (QED) is 0.899. The first-order chi connectivity index (χ1) is 9.63. The molecule has 0 fully saturated rings. The van der Waals surface area contributed by atoms with Gasteiger partial charge in [-0.15, -0.1) is 11.8 Å². The maximum atomic E-state index is 13.7. The van der Waals surface area contributed by atoms with Gasteiger partial charge in [0.2, 0.25) is 0 Å². The molecule has 3 rings (SSSR count). The summed E-state index contributed by atoms with van der Waals surface area (Å²) in [5.74, 6) is -0.777. The number of aryl methyl sites for hydroxylation is 1. The lowest BCUT2D eigenvalue weighted by atomic mass is 10.1. The van der Waals surface area contributed by atoms with Gasteiger partial charge in [-0.3, -0.25) is 0 Å². The first-order valence-electron chi connectivity index (χ1n) is 6.57. The van der Waals surface area contributed by atoms with E-state index in [9.17, 15) is 8.78 Å². The standard InChI is InChI=1S/C16H15F2NS/c1-10-6-14(18)15(8-13(10)17)19-9-12-7-11-4-2-3-5-16(11)20-12/h2-6,8,12,19H,7,9H2,1H3. The van der Waals surface area contributed by atoms with Crippen molar-refractivity contribution < 1.29 is 8.78 Å². The minimum absolute atomic E-state index is 0.240. The molecular formula is C16H15F2NS. The number of thioether (sulfide) groups is 1. The fraction of sp³-hybridized carbons (Fsp3) is 0.250. The second-order valence-corrected chi connectivity index (χ2v) is 6.36. The number of anilines is 1. The van der Waals surface area contributed by atoms with E-state index in [1.54, 1.807) is 18.7 Å². The zero-order valence-electron chi connectivity index (χ0n) is 11.1. The molecular weight excluding hydrogens is 276 g/mol. The predicted molar refractivity (Wildman–Crippen MR) is 79.4 cm³/mol. The fourth-order valence-electron chi connectivity index (χ4n) is 2.37. The van der Waals surface area contributed by atoms with Crippen molar-refractivity contribution in [3.05, 3.63) is 59.2 Å². The number of hydrogen-bond donors (Lipinski definition) is 1. The Morgan fingerprint density at radius 3 is 2.80 bits per heavy atom. The average Bonchev–Trinajstić information content (AvgIpc) is 2.84. The van der Waals surface area contributed by atoms with Gasteiger partial charge in [-0.2, -0.15) is 0 Å². The molecule has 20 heavy (non-hydrogen) atoms. The molecule has 1 nitrogen and oxygen atoms in total. The monoisotopic (exact) mass is 291 g/mol. The van der Waals surface area contributed by atoms with E-state index in [0.717, 1.165) is 6.42 Å². The summed E-state index contributed by atoms with van der Waals surface area (Å²) in [5, 5.41) is 3.38. The Hall–Kier alpha value is -1.55. The third-order valence-electron chi connectivity index (χ3n) is 3.48. The van der Waals surface area contributed by atoms with Crippen LogP contribution in [0.25, 0.3) is 0 Å². The summed E-state index contributed by atoms with van der Waals surface area (Å²) in [6.07, 6.45) is 0.962. The highest BCUT2D eigenvalue weighted by atomic mass is 32.2. The third-order valence-corrected chi connectivity index (χ3v) is 4.80. The molecule has 104 valence electrons. The van der Waals surface area contributed by atoms with Gasteiger partial charge in [0.1, 0.15) is 11.6 Å². The normalized spacial score (nSPS) is 17.1. The fourth-order valence-corrected chi connectivity index (χ4v) is 3.62. The summed E-state index contributed by atoms with van der Waals surface area (Å²) in [4.78, 5) is 1.29. The van der Waals surface area contributed by atoms with Crippen molar-refractivity contribution >= 4 is 17.4 Å². The topological polar surface area (TPSA) is 12.0 Å². The summed E-state index contributed by atoms with van der Waals surface area (Å²) in [6, 6.07) is 10.7. The van der Waals surface area contributed by atoms with Crippen LogP contribution in [0.1, 0.15) is 11.1 Å². The SMILES string of the molecule is Cc1cc(F)c(NCC2Cc3ccccc3S2)cc1F. The lowest BCUT2D eigenvalue weighted by Crippen LogP contribution is -2.16. The van der Waals surface area contributed by atoms with Crippen molar-refractivity contribution in [1.82, 2.24) is 0 Å².